The summed E-state index contributed by atoms with van der Waals surface area (Å²) >= 11 is 0. The zero-order valence-corrected chi connectivity index (χ0v) is 37.0. The minimum absolute atomic E-state index is 0.0504. The van der Waals surface area contributed by atoms with Gasteiger partial charge >= 0.3 is 5.69 Å². The third kappa shape index (κ3) is 8.12. The number of ether oxygens (including phenoxy) is 1. The first-order valence-electron chi connectivity index (χ1n) is 22.7. The highest BCUT2D eigenvalue weighted by Gasteiger charge is 2.40. The van der Waals surface area contributed by atoms with E-state index in [0.717, 1.165) is 65.4 Å². The lowest BCUT2D eigenvalue weighted by Crippen LogP contribution is -2.56. The molecule has 1 aliphatic carbocycles. The van der Waals surface area contributed by atoms with Gasteiger partial charge in [-0.05, 0) is 91.5 Å². The number of furan rings is 1. The van der Waals surface area contributed by atoms with Crippen LogP contribution in [0.2, 0.25) is 0 Å². The Kier molecular flexibility index (Phi) is 11.2. The molecule has 1 atom stereocenters. The van der Waals surface area contributed by atoms with Crippen molar-refractivity contribution in [1.82, 2.24) is 44.1 Å². The van der Waals surface area contributed by atoms with E-state index >= 15 is 0 Å². The van der Waals surface area contributed by atoms with Gasteiger partial charge < -0.3 is 28.8 Å². The lowest BCUT2D eigenvalue weighted by Gasteiger charge is -2.44. The van der Waals surface area contributed by atoms with Crippen LogP contribution in [0.25, 0.3) is 27.6 Å². The van der Waals surface area contributed by atoms with Crippen molar-refractivity contribution in [2.75, 3.05) is 58.3 Å². The highest BCUT2D eigenvalue weighted by molar-refractivity contribution is 6.02. The van der Waals surface area contributed by atoms with Gasteiger partial charge in [-0.15, -0.1) is 5.10 Å². The highest BCUT2D eigenvalue weighted by atomic mass is 16.5. The van der Waals surface area contributed by atoms with Crippen LogP contribution in [0.4, 0.5) is 5.69 Å². The van der Waals surface area contributed by atoms with Crippen LogP contribution in [0.5, 0.6) is 0 Å². The standard InChI is InChI=1S/C47H54N10O8/c1-51(2)46(62)40-24-32-19-30(29-5-4-14-54(25-29)42(59)12-17-56-18-13-48-50-56)23-39(43(32)65-40)55-26-33(27-55)45(61)53-15-10-34(11-16-53)64-35-20-31(21-35)28-6-7-36-38(22-28)52(3)47(63)57(36)37-8-9-41(58)49-44(37)60/h5-7,13,18-19,22-24,31,33-35,37H,4,8-12,14-17,20-21,25-27H2,1-3H3,(H,49,58,60). The molecule has 340 valence electrons. The van der Waals surface area contributed by atoms with E-state index in [0.29, 0.717) is 75.7 Å². The summed E-state index contributed by atoms with van der Waals surface area (Å²) in [5.74, 6) is -0.421. The molecule has 0 spiro atoms. The van der Waals surface area contributed by atoms with Gasteiger partial charge in [-0.3, -0.25) is 43.1 Å². The van der Waals surface area contributed by atoms with Crippen LogP contribution < -0.4 is 15.9 Å². The Balaban J connectivity index is 0.739. The first kappa shape index (κ1) is 42.4. The molecule has 1 unspecified atom stereocenters. The Hall–Kier alpha value is -6.56. The molecular formula is C47H54N10O8. The summed E-state index contributed by atoms with van der Waals surface area (Å²) in [5.41, 5.74) is 5.71. The van der Waals surface area contributed by atoms with Crippen molar-refractivity contribution in [3.05, 3.63) is 82.2 Å². The van der Waals surface area contributed by atoms with Crippen molar-refractivity contribution >= 4 is 62.8 Å². The number of rotatable bonds is 11. The van der Waals surface area contributed by atoms with Crippen molar-refractivity contribution in [3.63, 3.8) is 0 Å². The molecule has 5 amide bonds. The van der Waals surface area contributed by atoms with E-state index in [2.05, 4.69) is 32.7 Å². The molecule has 0 radical (unpaired) electrons. The molecule has 0 bridgehead atoms. The zero-order chi connectivity index (χ0) is 45.1. The summed E-state index contributed by atoms with van der Waals surface area (Å²) in [7, 11) is 5.09. The van der Waals surface area contributed by atoms with Gasteiger partial charge in [0.2, 0.25) is 23.6 Å². The van der Waals surface area contributed by atoms with Crippen LogP contribution in [0.3, 0.4) is 0 Å². The maximum atomic E-state index is 13.9. The SMILES string of the molecule is CN(C)C(=O)c1cc2cc(C3=CCCN(C(=O)CCn4ccnn4)C3)cc(N3CC(C(=O)N4CCC(OC5CC(c6ccc7c(c6)n(C)c(=O)n7C6CCC(=O)NC6=O)C5)CC4)C3)c2o1. The topological polar surface area (TPSA) is 190 Å². The average Bonchev–Trinajstić information content (AvgIpc) is 4.02. The zero-order valence-electron chi connectivity index (χ0n) is 37.0. The Morgan fingerprint density at radius 2 is 1.74 bits per heavy atom. The van der Waals surface area contributed by atoms with Crippen LogP contribution in [0, 0.1) is 5.92 Å². The Labute approximate surface area is 374 Å². The fourth-order valence-electron chi connectivity index (χ4n) is 10.2. The number of likely N-dealkylation sites (tertiary alicyclic amines) is 1. The van der Waals surface area contributed by atoms with Crippen LogP contribution in [-0.2, 0) is 37.5 Å². The molecule has 3 aromatic heterocycles. The number of hydrogen-bond donors (Lipinski definition) is 1. The summed E-state index contributed by atoms with van der Waals surface area (Å²) < 4.78 is 17.5. The third-order valence-corrected chi connectivity index (χ3v) is 14.0. The van der Waals surface area contributed by atoms with E-state index in [9.17, 15) is 28.8 Å². The molecule has 65 heavy (non-hydrogen) atoms. The minimum atomic E-state index is -0.713. The molecule has 5 aliphatic rings. The fourth-order valence-corrected chi connectivity index (χ4v) is 10.2. The summed E-state index contributed by atoms with van der Waals surface area (Å²) in [6.07, 6.45) is 10.6. The largest absolute Gasteiger partial charge is 0.449 e. The van der Waals surface area contributed by atoms with Gasteiger partial charge in [0.05, 0.1) is 47.6 Å². The highest BCUT2D eigenvalue weighted by Crippen LogP contribution is 2.42. The number of benzene rings is 2. The van der Waals surface area contributed by atoms with Crippen molar-refractivity contribution in [1.29, 1.82) is 0 Å². The summed E-state index contributed by atoms with van der Waals surface area (Å²) in [4.78, 5) is 85.2. The molecule has 4 aliphatic heterocycles. The fraction of sp³-hybridized carbons (Fsp3) is 0.489. The first-order chi connectivity index (χ1) is 31.4. The number of hydrogen-bond acceptors (Lipinski definition) is 11. The number of aromatic nitrogens is 5. The summed E-state index contributed by atoms with van der Waals surface area (Å²) in [6, 6.07) is 11.1. The predicted octanol–water partition coefficient (Wildman–Crippen LogP) is 3.45. The predicted molar refractivity (Wildman–Crippen MR) is 239 cm³/mol. The molecule has 18 heteroatoms. The van der Waals surface area contributed by atoms with E-state index in [4.69, 9.17) is 9.15 Å². The number of amides is 5. The van der Waals surface area contributed by atoms with E-state index in [1.165, 1.54) is 9.47 Å². The van der Waals surface area contributed by atoms with Crippen molar-refractivity contribution in [2.24, 2.45) is 13.0 Å². The second kappa shape index (κ2) is 17.1. The number of fused-ring (bicyclic) bond motifs is 2. The molecule has 7 heterocycles. The lowest BCUT2D eigenvalue weighted by atomic mass is 9.77. The molecule has 5 aromatic rings. The minimum Gasteiger partial charge on any atom is -0.449 e. The lowest BCUT2D eigenvalue weighted by molar-refractivity contribution is -0.141. The number of imidazole rings is 1. The Morgan fingerprint density at radius 1 is 0.938 bits per heavy atom. The molecule has 1 N–H and O–H groups in total. The van der Waals surface area contributed by atoms with Crippen LogP contribution in [0.15, 0.2) is 64.1 Å². The third-order valence-electron chi connectivity index (χ3n) is 14.0. The van der Waals surface area contributed by atoms with Crippen LogP contribution >= 0.6 is 0 Å². The summed E-state index contributed by atoms with van der Waals surface area (Å²) in [6.45, 7) is 3.91. The van der Waals surface area contributed by atoms with Gasteiger partial charge in [0.25, 0.3) is 5.91 Å². The molecule has 2 aromatic carbocycles. The number of nitrogens with zero attached hydrogens (tertiary/aromatic N) is 9. The monoisotopic (exact) mass is 886 g/mol. The van der Waals surface area contributed by atoms with Gasteiger partial charge in [-0.2, -0.15) is 0 Å². The number of anilines is 1. The molecule has 4 fully saturated rings. The number of carbonyl (C=O) groups excluding carboxylic acids is 5. The van der Waals surface area contributed by atoms with Gasteiger partial charge in [-0.1, -0.05) is 17.4 Å². The van der Waals surface area contributed by atoms with Crippen molar-refractivity contribution in [3.8, 4) is 0 Å². The van der Waals surface area contributed by atoms with Crippen LogP contribution in [0.1, 0.15) is 85.0 Å². The van der Waals surface area contributed by atoms with Crippen molar-refractivity contribution in [2.45, 2.75) is 82.1 Å². The maximum Gasteiger partial charge on any atom is 0.329 e. The van der Waals surface area contributed by atoms with Gasteiger partial charge in [-0.25, -0.2) is 4.79 Å². The summed E-state index contributed by atoms with van der Waals surface area (Å²) in [5, 5.41) is 11.0. The second-order valence-corrected chi connectivity index (χ2v) is 18.5. The van der Waals surface area contributed by atoms with Gasteiger partial charge in [0.1, 0.15) is 6.04 Å². The number of carbonyl (C=O) groups is 5. The molecule has 1 saturated carbocycles. The maximum absolute atomic E-state index is 13.9. The van der Waals surface area contributed by atoms with E-state index < -0.39 is 11.9 Å². The van der Waals surface area contributed by atoms with Crippen LogP contribution in [-0.4, -0.2) is 134 Å². The molecule has 3 saturated heterocycles. The van der Waals surface area contributed by atoms with E-state index in [1.807, 2.05) is 34.1 Å². The van der Waals surface area contributed by atoms with E-state index in [-0.39, 0.29) is 59.6 Å². The number of aryl methyl sites for hydroxylation is 2. The molecule has 18 nitrogen and oxygen atoms in total. The number of imide groups is 1. The number of nitrogens with one attached hydrogen (secondary N) is 1. The second-order valence-electron chi connectivity index (χ2n) is 18.5. The normalized spacial score (nSPS) is 21.9. The Morgan fingerprint density at radius 3 is 2.48 bits per heavy atom. The number of piperidine rings is 2. The first-order valence-corrected chi connectivity index (χ1v) is 22.7. The average molecular weight is 887 g/mol. The van der Waals surface area contributed by atoms with Gasteiger partial charge in [0, 0.05) is 84.8 Å². The quantitative estimate of drug-likeness (QED) is 0.191. The van der Waals surface area contributed by atoms with Gasteiger partial charge in [0.15, 0.2) is 11.3 Å². The smallest absolute Gasteiger partial charge is 0.329 e. The van der Waals surface area contributed by atoms with E-state index in [1.54, 1.807) is 48.9 Å². The Bertz CT molecular complexity index is 2780. The molecule has 10 rings (SSSR count). The molecular weight excluding hydrogens is 833 g/mol. The van der Waals surface area contributed by atoms with Crippen molar-refractivity contribution < 1.29 is 33.1 Å².